The minimum absolute atomic E-state index is 0.0272. The normalized spacial score (nSPS) is 21.6. The largest absolute Gasteiger partial charge is 0.326 e. The molecule has 0 bridgehead atoms. The second-order valence-corrected chi connectivity index (χ2v) is 7.35. The zero-order valence-corrected chi connectivity index (χ0v) is 15.4. The van der Waals surface area contributed by atoms with Crippen molar-refractivity contribution >= 4 is 23.2 Å². The van der Waals surface area contributed by atoms with E-state index >= 15 is 0 Å². The minimum atomic E-state index is 0.0272. The summed E-state index contributed by atoms with van der Waals surface area (Å²) in [6.07, 6.45) is 7.09. The van der Waals surface area contributed by atoms with Gasteiger partial charge in [-0.2, -0.15) is 0 Å². The van der Waals surface area contributed by atoms with Crippen LogP contribution in [-0.4, -0.2) is 49.4 Å². The Morgan fingerprint density at radius 2 is 1.58 bits per heavy atom. The molecular weight excluding hydrogens is 328 g/mol. The van der Waals surface area contributed by atoms with E-state index in [-0.39, 0.29) is 17.7 Å². The summed E-state index contributed by atoms with van der Waals surface area (Å²) in [5.41, 5.74) is 1.53. The first kappa shape index (κ1) is 18.9. The van der Waals surface area contributed by atoms with Gasteiger partial charge in [0, 0.05) is 17.9 Å². The van der Waals surface area contributed by atoms with E-state index in [2.05, 4.69) is 20.9 Å². The second kappa shape index (κ2) is 9.69. The summed E-state index contributed by atoms with van der Waals surface area (Å²) < 4.78 is 0. The minimum Gasteiger partial charge on any atom is -0.326 e. The summed E-state index contributed by atoms with van der Waals surface area (Å²) in [7, 11) is 0. The van der Waals surface area contributed by atoms with Gasteiger partial charge in [0.2, 0.25) is 11.8 Å². The Hall–Kier alpha value is -1.92. The van der Waals surface area contributed by atoms with Crippen LogP contribution in [0.4, 0.5) is 11.4 Å². The van der Waals surface area contributed by atoms with Gasteiger partial charge in [-0.1, -0.05) is 19.3 Å². The van der Waals surface area contributed by atoms with Crippen LogP contribution < -0.4 is 16.0 Å². The quantitative estimate of drug-likeness (QED) is 0.756. The van der Waals surface area contributed by atoms with Gasteiger partial charge < -0.3 is 16.0 Å². The van der Waals surface area contributed by atoms with E-state index in [9.17, 15) is 9.59 Å². The van der Waals surface area contributed by atoms with E-state index < -0.39 is 0 Å². The van der Waals surface area contributed by atoms with Crippen molar-refractivity contribution < 1.29 is 9.59 Å². The molecule has 2 aliphatic rings. The average Bonchev–Trinajstić information content (AvgIpc) is 3.14. The Labute approximate surface area is 155 Å². The molecule has 1 aromatic rings. The highest BCUT2D eigenvalue weighted by atomic mass is 16.2. The number of likely N-dealkylation sites (tertiary alicyclic amines) is 1. The molecule has 2 fully saturated rings. The molecule has 2 amide bonds. The molecule has 0 saturated carbocycles. The number of anilines is 2. The van der Waals surface area contributed by atoms with Gasteiger partial charge in [-0.05, 0) is 63.2 Å². The summed E-state index contributed by atoms with van der Waals surface area (Å²) in [6, 6.07) is 7.36. The molecule has 0 aromatic heterocycles. The number of hydrogen-bond donors (Lipinski definition) is 3. The van der Waals surface area contributed by atoms with E-state index in [0.29, 0.717) is 6.54 Å². The Morgan fingerprint density at radius 3 is 2.19 bits per heavy atom. The molecule has 142 valence electrons. The van der Waals surface area contributed by atoms with Crippen molar-refractivity contribution in [3.05, 3.63) is 24.3 Å². The molecule has 3 N–H and O–H groups in total. The lowest BCUT2D eigenvalue weighted by atomic mass is 10.1. The zero-order chi connectivity index (χ0) is 18.2. The van der Waals surface area contributed by atoms with Crippen LogP contribution in [0.5, 0.6) is 0 Å². The summed E-state index contributed by atoms with van der Waals surface area (Å²) in [4.78, 5) is 26.7. The first-order chi connectivity index (χ1) is 12.7. The zero-order valence-electron chi connectivity index (χ0n) is 15.4. The van der Waals surface area contributed by atoms with Crippen molar-refractivity contribution in [1.82, 2.24) is 10.2 Å². The van der Waals surface area contributed by atoms with Crippen molar-refractivity contribution in [3.8, 4) is 0 Å². The van der Waals surface area contributed by atoms with Gasteiger partial charge >= 0.3 is 0 Å². The summed E-state index contributed by atoms with van der Waals surface area (Å²) in [5, 5.41) is 9.10. The highest BCUT2D eigenvalue weighted by Gasteiger charge is 2.22. The summed E-state index contributed by atoms with van der Waals surface area (Å²) >= 11 is 0. The monoisotopic (exact) mass is 358 g/mol. The molecule has 0 spiro atoms. The Balaban J connectivity index is 1.45. The molecule has 6 nitrogen and oxygen atoms in total. The predicted octanol–water partition coefficient (Wildman–Crippen LogP) is 2.44. The Kier molecular flexibility index (Phi) is 7.03. The van der Waals surface area contributed by atoms with Gasteiger partial charge in [0.1, 0.15) is 0 Å². The van der Waals surface area contributed by atoms with Crippen LogP contribution in [-0.2, 0) is 9.59 Å². The number of nitrogens with zero attached hydrogens (tertiary/aromatic N) is 1. The van der Waals surface area contributed by atoms with Gasteiger partial charge in [-0.15, -0.1) is 0 Å². The highest BCUT2D eigenvalue weighted by molar-refractivity contribution is 5.94. The van der Waals surface area contributed by atoms with Crippen LogP contribution in [0.3, 0.4) is 0 Å². The number of nitrogens with one attached hydrogen (secondary N) is 3. The highest BCUT2D eigenvalue weighted by Crippen LogP contribution is 2.17. The standard InChI is InChI=1S/C20H30N4O2/c25-19(15-24-12-4-2-1-3-5-13-24)22-17-6-8-18(9-7-17)23-20(26)16-10-11-21-14-16/h6-9,16,21H,1-5,10-15H2,(H,22,25)(H,23,26). The van der Waals surface area contributed by atoms with E-state index in [0.717, 1.165) is 44.0 Å². The second-order valence-electron chi connectivity index (χ2n) is 7.35. The SMILES string of the molecule is O=C(CN1CCCCCCC1)Nc1ccc(NC(=O)C2CCNC2)cc1. The molecule has 2 aliphatic heterocycles. The van der Waals surface area contributed by atoms with Crippen LogP contribution in [0.15, 0.2) is 24.3 Å². The summed E-state index contributed by atoms with van der Waals surface area (Å²) in [6.45, 7) is 4.12. The topological polar surface area (TPSA) is 73.5 Å². The van der Waals surface area contributed by atoms with Crippen molar-refractivity contribution in [3.63, 3.8) is 0 Å². The smallest absolute Gasteiger partial charge is 0.238 e. The first-order valence-electron chi connectivity index (χ1n) is 9.84. The van der Waals surface area contributed by atoms with Crippen molar-refractivity contribution in [1.29, 1.82) is 0 Å². The van der Waals surface area contributed by atoms with E-state index in [1.807, 2.05) is 24.3 Å². The Morgan fingerprint density at radius 1 is 0.962 bits per heavy atom. The maximum absolute atomic E-state index is 12.3. The predicted molar refractivity (Wildman–Crippen MR) is 104 cm³/mol. The summed E-state index contributed by atoms with van der Waals surface area (Å²) in [5.74, 6) is 0.135. The lowest BCUT2D eigenvalue weighted by Gasteiger charge is -2.23. The lowest BCUT2D eigenvalue weighted by Crippen LogP contribution is -2.35. The number of carbonyl (C=O) groups is 2. The van der Waals surface area contributed by atoms with Gasteiger partial charge in [0.25, 0.3) is 0 Å². The molecule has 2 heterocycles. The number of hydrogen-bond acceptors (Lipinski definition) is 4. The molecule has 2 saturated heterocycles. The van der Waals surface area contributed by atoms with Crippen LogP contribution in [0.25, 0.3) is 0 Å². The lowest BCUT2D eigenvalue weighted by molar-refractivity contribution is -0.119. The molecule has 3 rings (SSSR count). The van der Waals surface area contributed by atoms with Gasteiger partial charge in [-0.25, -0.2) is 0 Å². The third kappa shape index (κ3) is 5.81. The molecular formula is C20H30N4O2. The molecule has 1 atom stereocenters. The Bertz CT molecular complexity index is 588. The third-order valence-electron chi connectivity index (χ3n) is 5.18. The molecule has 0 radical (unpaired) electrons. The first-order valence-corrected chi connectivity index (χ1v) is 9.84. The van der Waals surface area contributed by atoms with Crippen LogP contribution in [0, 0.1) is 5.92 Å². The average molecular weight is 358 g/mol. The van der Waals surface area contributed by atoms with E-state index in [4.69, 9.17) is 0 Å². The van der Waals surface area contributed by atoms with Crippen molar-refractivity contribution in [2.45, 2.75) is 38.5 Å². The maximum Gasteiger partial charge on any atom is 0.238 e. The van der Waals surface area contributed by atoms with E-state index in [1.54, 1.807) is 0 Å². The number of benzene rings is 1. The molecule has 0 aliphatic carbocycles. The molecule has 6 heteroatoms. The van der Waals surface area contributed by atoms with Gasteiger partial charge in [0.05, 0.1) is 12.5 Å². The number of carbonyl (C=O) groups excluding carboxylic acids is 2. The fourth-order valence-corrected chi connectivity index (χ4v) is 3.63. The molecule has 1 unspecified atom stereocenters. The van der Waals surface area contributed by atoms with Gasteiger partial charge in [-0.3, -0.25) is 14.5 Å². The fourth-order valence-electron chi connectivity index (χ4n) is 3.63. The van der Waals surface area contributed by atoms with E-state index in [1.165, 1.54) is 32.1 Å². The fraction of sp³-hybridized carbons (Fsp3) is 0.600. The van der Waals surface area contributed by atoms with Gasteiger partial charge in [0.15, 0.2) is 0 Å². The van der Waals surface area contributed by atoms with Crippen molar-refractivity contribution in [2.75, 3.05) is 43.4 Å². The maximum atomic E-state index is 12.3. The van der Waals surface area contributed by atoms with Crippen LogP contribution in [0.1, 0.15) is 38.5 Å². The third-order valence-corrected chi connectivity index (χ3v) is 5.18. The molecule has 26 heavy (non-hydrogen) atoms. The van der Waals surface area contributed by atoms with Crippen molar-refractivity contribution in [2.24, 2.45) is 5.92 Å². The number of rotatable bonds is 5. The van der Waals surface area contributed by atoms with Crippen LogP contribution >= 0.6 is 0 Å². The number of amides is 2. The van der Waals surface area contributed by atoms with Crippen LogP contribution in [0.2, 0.25) is 0 Å². The molecule has 1 aromatic carbocycles.